The quantitative estimate of drug-likeness (QED) is 0.466. The maximum absolute atomic E-state index is 4.79. The Balaban J connectivity index is 2.00. The highest BCUT2D eigenvalue weighted by Gasteiger charge is 1.94. The standard InChI is InChI=1S/C7H17N3O2/c1-2-4-6-8-9-10-12-11-7-5-3-1/h8-10H,1-7H2. The number of hydrogen-bond acceptors (Lipinski definition) is 5. The van der Waals surface area contributed by atoms with Crippen LogP contribution in [-0.2, 0) is 9.88 Å². The van der Waals surface area contributed by atoms with Crippen molar-refractivity contribution in [3.8, 4) is 0 Å². The van der Waals surface area contributed by atoms with E-state index in [1.165, 1.54) is 25.7 Å². The zero-order chi connectivity index (χ0) is 8.49. The summed E-state index contributed by atoms with van der Waals surface area (Å²) in [5.74, 6) is 0. The normalized spacial score (nSPS) is 24.0. The van der Waals surface area contributed by atoms with E-state index in [0.29, 0.717) is 6.61 Å². The van der Waals surface area contributed by atoms with Crippen LogP contribution < -0.4 is 16.5 Å². The van der Waals surface area contributed by atoms with Crippen molar-refractivity contribution in [3.63, 3.8) is 0 Å². The minimum absolute atomic E-state index is 0.648. The van der Waals surface area contributed by atoms with Crippen LogP contribution in [0.5, 0.6) is 0 Å². The van der Waals surface area contributed by atoms with Crippen molar-refractivity contribution < 1.29 is 9.88 Å². The van der Waals surface area contributed by atoms with Crippen LogP contribution in [0.15, 0.2) is 0 Å². The van der Waals surface area contributed by atoms with Crippen LogP contribution in [0.2, 0.25) is 0 Å². The second-order valence-electron chi connectivity index (χ2n) is 2.83. The summed E-state index contributed by atoms with van der Waals surface area (Å²) in [6.07, 6.45) is 6.02. The molecule has 5 nitrogen and oxygen atoms in total. The van der Waals surface area contributed by atoms with Crippen molar-refractivity contribution >= 4 is 0 Å². The molecule has 0 saturated carbocycles. The van der Waals surface area contributed by atoms with Gasteiger partial charge in [0.1, 0.15) is 0 Å². The Bertz CT molecular complexity index is 59.6. The molecule has 0 aromatic rings. The van der Waals surface area contributed by atoms with E-state index in [9.17, 15) is 0 Å². The van der Waals surface area contributed by atoms with Crippen LogP contribution in [0, 0.1) is 0 Å². The third kappa shape index (κ3) is 5.45. The van der Waals surface area contributed by atoms with Crippen molar-refractivity contribution in [2.45, 2.75) is 32.1 Å². The topological polar surface area (TPSA) is 54.5 Å². The van der Waals surface area contributed by atoms with Crippen LogP contribution in [-0.4, -0.2) is 13.2 Å². The SMILES string of the molecule is C1CCCNNNOOCCC1. The smallest absolute Gasteiger partial charge is 0.0842 e. The lowest BCUT2D eigenvalue weighted by molar-refractivity contribution is -0.348. The van der Waals surface area contributed by atoms with Gasteiger partial charge in [-0.05, 0) is 12.8 Å². The van der Waals surface area contributed by atoms with E-state index >= 15 is 0 Å². The van der Waals surface area contributed by atoms with E-state index < -0.39 is 0 Å². The molecule has 72 valence electrons. The average Bonchev–Trinajstić information content (AvgIpc) is 2.05. The maximum atomic E-state index is 4.79. The van der Waals surface area contributed by atoms with Gasteiger partial charge in [-0.2, -0.15) is 5.53 Å². The van der Waals surface area contributed by atoms with Crippen LogP contribution in [0.3, 0.4) is 0 Å². The maximum Gasteiger partial charge on any atom is 0.0842 e. The largest absolute Gasteiger partial charge is 0.242 e. The van der Waals surface area contributed by atoms with Gasteiger partial charge in [-0.15, -0.1) is 4.99 Å². The molecule has 1 aliphatic heterocycles. The zero-order valence-corrected chi connectivity index (χ0v) is 7.27. The molecule has 0 bridgehead atoms. The van der Waals surface area contributed by atoms with Crippen LogP contribution in [0.25, 0.3) is 0 Å². The molecule has 1 rings (SSSR count). The van der Waals surface area contributed by atoms with Crippen LogP contribution in [0.1, 0.15) is 32.1 Å². The van der Waals surface area contributed by atoms with Gasteiger partial charge in [0.15, 0.2) is 0 Å². The lowest BCUT2D eigenvalue weighted by Crippen LogP contribution is -2.43. The Hall–Kier alpha value is -0.200. The van der Waals surface area contributed by atoms with Crippen molar-refractivity contribution in [3.05, 3.63) is 0 Å². The molecule has 5 heteroatoms. The summed E-state index contributed by atoms with van der Waals surface area (Å²) in [6, 6.07) is 0. The van der Waals surface area contributed by atoms with E-state index in [1.807, 2.05) is 0 Å². The Labute approximate surface area is 72.6 Å². The monoisotopic (exact) mass is 175 g/mol. The van der Waals surface area contributed by atoms with Gasteiger partial charge < -0.3 is 0 Å². The van der Waals surface area contributed by atoms with Gasteiger partial charge in [0.2, 0.25) is 0 Å². The molecule has 0 aromatic carbocycles. The molecule has 0 aliphatic carbocycles. The summed E-state index contributed by atoms with van der Waals surface area (Å²) in [7, 11) is 0. The number of rotatable bonds is 0. The molecule has 0 radical (unpaired) electrons. The summed E-state index contributed by atoms with van der Waals surface area (Å²) in [6.45, 7) is 1.59. The molecule has 3 N–H and O–H groups in total. The van der Waals surface area contributed by atoms with E-state index in [-0.39, 0.29) is 0 Å². The molecule has 0 unspecified atom stereocenters. The van der Waals surface area contributed by atoms with E-state index in [0.717, 1.165) is 13.0 Å². The number of nitrogens with one attached hydrogen (secondary N) is 3. The fraction of sp³-hybridized carbons (Fsp3) is 1.00. The third-order valence-electron chi connectivity index (χ3n) is 1.77. The van der Waals surface area contributed by atoms with E-state index in [2.05, 4.69) is 21.5 Å². The minimum Gasteiger partial charge on any atom is -0.242 e. The predicted molar refractivity (Wildman–Crippen MR) is 44.4 cm³/mol. The second kappa shape index (κ2) is 7.45. The minimum atomic E-state index is 0.648. The highest BCUT2D eigenvalue weighted by molar-refractivity contribution is 4.45. The Kier molecular flexibility index (Phi) is 6.14. The van der Waals surface area contributed by atoms with Gasteiger partial charge in [0, 0.05) is 6.54 Å². The van der Waals surface area contributed by atoms with E-state index in [1.54, 1.807) is 0 Å². The summed E-state index contributed by atoms with van der Waals surface area (Å²) in [4.78, 5) is 9.38. The molecule has 0 spiro atoms. The van der Waals surface area contributed by atoms with Gasteiger partial charge in [-0.25, -0.2) is 10.3 Å². The van der Waals surface area contributed by atoms with Crippen LogP contribution >= 0.6 is 0 Å². The van der Waals surface area contributed by atoms with Crippen molar-refractivity contribution in [2.24, 2.45) is 0 Å². The highest BCUT2D eigenvalue weighted by atomic mass is 17.3. The fourth-order valence-electron chi connectivity index (χ4n) is 1.10. The van der Waals surface area contributed by atoms with Gasteiger partial charge in [0.25, 0.3) is 0 Å². The predicted octanol–water partition coefficient (Wildman–Crippen LogP) is 0.412. The van der Waals surface area contributed by atoms with Gasteiger partial charge in [-0.3, -0.25) is 0 Å². The van der Waals surface area contributed by atoms with Gasteiger partial charge >= 0.3 is 0 Å². The molecule has 1 saturated heterocycles. The number of hydrogen-bond donors (Lipinski definition) is 3. The van der Waals surface area contributed by atoms with Gasteiger partial charge in [0.05, 0.1) is 6.61 Å². The van der Waals surface area contributed by atoms with Crippen LogP contribution in [0.4, 0.5) is 0 Å². The second-order valence-corrected chi connectivity index (χ2v) is 2.83. The molecule has 1 aliphatic rings. The summed E-state index contributed by atoms with van der Waals surface area (Å²) in [5, 5.41) is 0. The first-order valence-corrected chi connectivity index (χ1v) is 4.51. The molecule has 12 heavy (non-hydrogen) atoms. The number of hydrazine groups is 2. The lowest BCUT2D eigenvalue weighted by atomic mass is 10.1. The van der Waals surface area contributed by atoms with Crippen molar-refractivity contribution in [1.29, 1.82) is 0 Å². The summed E-state index contributed by atoms with van der Waals surface area (Å²) in [5.41, 5.74) is 8.01. The average molecular weight is 175 g/mol. The summed E-state index contributed by atoms with van der Waals surface area (Å²) < 4.78 is 0. The third-order valence-corrected chi connectivity index (χ3v) is 1.77. The molecule has 1 heterocycles. The Morgan fingerprint density at radius 3 is 2.75 bits per heavy atom. The Morgan fingerprint density at radius 2 is 1.75 bits per heavy atom. The Morgan fingerprint density at radius 1 is 0.917 bits per heavy atom. The van der Waals surface area contributed by atoms with Gasteiger partial charge in [-0.1, -0.05) is 24.9 Å². The lowest BCUT2D eigenvalue weighted by Gasteiger charge is -2.09. The fourth-order valence-corrected chi connectivity index (χ4v) is 1.10. The zero-order valence-electron chi connectivity index (χ0n) is 7.27. The summed E-state index contributed by atoms with van der Waals surface area (Å²) >= 11 is 0. The molecule has 0 aromatic heterocycles. The molecule has 0 amide bonds. The first-order chi connectivity index (χ1) is 6.00. The van der Waals surface area contributed by atoms with Crippen molar-refractivity contribution in [2.75, 3.05) is 13.2 Å². The first kappa shape index (κ1) is 9.88. The first-order valence-electron chi connectivity index (χ1n) is 4.51. The molecule has 1 fully saturated rings. The van der Waals surface area contributed by atoms with Crippen molar-refractivity contribution in [1.82, 2.24) is 16.5 Å². The molecular weight excluding hydrogens is 158 g/mol. The molecular formula is C7H17N3O2. The molecule has 0 atom stereocenters. The van der Waals surface area contributed by atoms with E-state index in [4.69, 9.17) is 4.89 Å². The highest BCUT2D eigenvalue weighted by Crippen LogP contribution is 2.02.